The third-order valence-corrected chi connectivity index (χ3v) is 8.87. The van der Waals surface area contributed by atoms with Crippen LogP contribution < -0.4 is 9.62 Å². The highest BCUT2D eigenvalue weighted by Crippen LogP contribution is 2.35. The Bertz CT molecular complexity index is 1400. The summed E-state index contributed by atoms with van der Waals surface area (Å²) in [6.07, 6.45) is 1.68. The van der Waals surface area contributed by atoms with Crippen molar-refractivity contribution in [1.29, 1.82) is 0 Å². The van der Waals surface area contributed by atoms with Crippen LogP contribution in [-0.4, -0.2) is 44.3 Å². The molecular weight excluding hydrogens is 581 g/mol. The summed E-state index contributed by atoms with van der Waals surface area (Å²) in [4.78, 5) is 28.2. The number of hydrogen-bond acceptors (Lipinski definition) is 4. The minimum Gasteiger partial charge on any atom is -0.354 e. The molecule has 0 heterocycles. The summed E-state index contributed by atoms with van der Waals surface area (Å²) in [5.74, 6) is -0.958. The summed E-state index contributed by atoms with van der Waals surface area (Å²) in [7, 11) is -4.24. The molecule has 0 aromatic heterocycles. The number of unbranched alkanes of at least 4 members (excludes halogenated alkanes) is 1. The molecule has 0 saturated heterocycles. The molecule has 208 valence electrons. The average Bonchev–Trinajstić information content (AvgIpc) is 2.92. The zero-order valence-electron chi connectivity index (χ0n) is 21.6. The maximum absolute atomic E-state index is 13.9. The molecule has 0 fully saturated rings. The largest absolute Gasteiger partial charge is 0.354 e. The van der Waals surface area contributed by atoms with Crippen LogP contribution in [0.15, 0.2) is 77.7 Å². The van der Waals surface area contributed by atoms with Crippen LogP contribution in [0.25, 0.3) is 0 Å². The number of nitrogens with one attached hydrogen (secondary N) is 1. The van der Waals surface area contributed by atoms with Crippen molar-refractivity contribution in [2.24, 2.45) is 0 Å². The minimum atomic E-state index is -4.24. The second-order valence-electron chi connectivity index (χ2n) is 8.87. The molecule has 0 spiro atoms. The summed E-state index contributed by atoms with van der Waals surface area (Å²) >= 11 is 18.8. The lowest BCUT2D eigenvalue weighted by Crippen LogP contribution is -2.51. The molecule has 0 aliphatic heterocycles. The van der Waals surface area contributed by atoms with Gasteiger partial charge in [-0.15, -0.1) is 0 Å². The summed E-state index contributed by atoms with van der Waals surface area (Å²) in [5, 5.41) is 3.43. The van der Waals surface area contributed by atoms with Gasteiger partial charge >= 0.3 is 0 Å². The first kappa shape index (κ1) is 30.8. The third kappa shape index (κ3) is 7.88. The predicted molar refractivity (Wildman–Crippen MR) is 157 cm³/mol. The van der Waals surface area contributed by atoms with Gasteiger partial charge in [0.05, 0.1) is 20.6 Å². The Morgan fingerprint density at radius 3 is 2.31 bits per heavy atom. The smallest absolute Gasteiger partial charge is 0.264 e. The molecular formula is C28H30Cl3N3O4S. The lowest BCUT2D eigenvalue weighted by molar-refractivity contribution is -0.139. The zero-order chi connectivity index (χ0) is 28.6. The molecule has 1 unspecified atom stereocenters. The van der Waals surface area contributed by atoms with Gasteiger partial charge in [-0.05, 0) is 55.3 Å². The van der Waals surface area contributed by atoms with Gasteiger partial charge in [-0.25, -0.2) is 8.42 Å². The number of amides is 2. The number of carbonyl (C=O) groups is 2. The molecule has 1 atom stereocenters. The van der Waals surface area contributed by atoms with Crippen molar-refractivity contribution in [2.75, 3.05) is 17.4 Å². The van der Waals surface area contributed by atoms with Crippen LogP contribution >= 0.6 is 34.8 Å². The van der Waals surface area contributed by atoms with Gasteiger partial charge < -0.3 is 10.2 Å². The quantitative estimate of drug-likeness (QED) is 0.248. The average molecular weight is 611 g/mol. The summed E-state index contributed by atoms with van der Waals surface area (Å²) < 4.78 is 28.5. The molecule has 0 aliphatic rings. The first-order valence-corrected chi connectivity index (χ1v) is 15.0. The molecule has 0 aliphatic carbocycles. The SMILES string of the molecule is CCCCNC(=O)C(C)N(Cc1cccc(Cl)c1)C(=O)CN(c1cccc(Cl)c1Cl)S(=O)(=O)c1ccccc1. The van der Waals surface area contributed by atoms with E-state index in [0.717, 1.165) is 17.1 Å². The van der Waals surface area contributed by atoms with Gasteiger partial charge in [0.1, 0.15) is 12.6 Å². The van der Waals surface area contributed by atoms with E-state index in [1.807, 2.05) is 6.92 Å². The van der Waals surface area contributed by atoms with Gasteiger partial charge in [-0.1, -0.05) is 84.5 Å². The van der Waals surface area contributed by atoms with Crippen molar-refractivity contribution in [3.05, 3.63) is 93.4 Å². The van der Waals surface area contributed by atoms with E-state index in [-0.39, 0.29) is 33.1 Å². The molecule has 3 rings (SSSR count). The molecule has 0 bridgehead atoms. The Morgan fingerprint density at radius 1 is 0.949 bits per heavy atom. The Hall–Kier alpha value is -2.78. The summed E-state index contributed by atoms with van der Waals surface area (Å²) in [6.45, 7) is 3.49. The Morgan fingerprint density at radius 2 is 1.64 bits per heavy atom. The maximum Gasteiger partial charge on any atom is 0.264 e. The lowest BCUT2D eigenvalue weighted by Gasteiger charge is -2.32. The van der Waals surface area contributed by atoms with E-state index in [4.69, 9.17) is 34.8 Å². The van der Waals surface area contributed by atoms with Crippen molar-refractivity contribution in [1.82, 2.24) is 10.2 Å². The molecule has 0 saturated carbocycles. The normalized spacial score (nSPS) is 12.0. The van der Waals surface area contributed by atoms with Crippen LogP contribution in [0.4, 0.5) is 5.69 Å². The highest BCUT2D eigenvalue weighted by atomic mass is 35.5. The van der Waals surface area contributed by atoms with Gasteiger partial charge in [0, 0.05) is 18.1 Å². The number of benzene rings is 3. The number of anilines is 1. The maximum atomic E-state index is 13.9. The zero-order valence-corrected chi connectivity index (χ0v) is 24.7. The topological polar surface area (TPSA) is 86.8 Å². The predicted octanol–water partition coefficient (Wildman–Crippen LogP) is 6.18. The van der Waals surface area contributed by atoms with Crippen LogP contribution in [-0.2, 0) is 26.2 Å². The van der Waals surface area contributed by atoms with Crippen molar-refractivity contribution in [3.8, 4) is 0 Å². The molecule has 7 nitrogen and oxygen atoms in total. The van der Waals surface area contributed by atoms with Gasteiger partial charge in [0.15, 0.2) is 0 Å². The van der Waals surface area contributed by atoms with E-state index in [1.54, 1.807) is 55.5 Å². The number of rotatable bonds is 12. The molecule has 2 amide bonds. The molecule has 1 N–H and O–H groups in total. The van der Waals surface area contributed by atoms with Crippen molar-refractivity contribution in [2.45, 2.75) is 44.2 Å². The van der Waals surface area contributed by atoms with E-state index < -0.39 is 28.5 Å². The third-order valence-electron chi connectivity index (χ3n) is 6.05. The van der Waals surface area contributed by atoms with Gasteiger partial charge in [-0.3, -0.25) is 13.9 Å². The number of nitrogens with zero attached hydrogens (tertiary/aromatic N) is 2. The van der Waals surface area contributed by atoms with Gasteiger partial charge in [0.25, 0.3) is 10.0 Å². The van der Waals surface area contributed by atoms with Gasteiger partial charge in [0.2, 0.25) is 11.8 Å². The highest BCUT2D eigenvalue weighted by Gasteiger charge is 2.33. The van der Waals surface area contributed by atoms with E-state index in [1.165, 1.54) is 29.2 Å². The minimum absolute atomic E-state index is 0.0155. The molecule has 3 aromatic carbocycles. The van der Waals surface area contributed by atoms with Crippen molar-refractivity contribution in [3.63, 3.8) is 0 Å². The van der Waals surface area contributed by atoms with E-state index >= 15 is 0 Å². The Labute approximate surface area is 244 Å². The van der Waals surface area contributed by atoms with Crippen LogP contribution in [0.5, 0.6) is 0 Å². The molecule has 11 heteroatoms. The summed E-state index contributed by atoms with van der Waals surface area (Å²) in [5.41, 5.74) is 0.728. The first-order valence-electron chi connectivity index (χ1n) is 12.4. The number of halogens is 3. The van der Waals surface area contributed by atoms with Crippen LogP contribution in [0.2, 0.25) is 15.1 Å². The monoisotopic (exact) mass is 609 g/mol. The highest BCUT2D eigenvalue weighted by molar-refractivity contribution is 7.92. The van der Waals surface area contributed by atoms with Crippen LogP contribution in [0, 0.1) is 0 Å². The van der Waals surface area contributed by atoms with E-state index in [9.17, 15) is 18.0 Å². The van der Waals surface area contributed by atoms with Crippen molar-refractivity contribution >= 4 is 62.3 Å². The van der Waals surface area contributed by atoms with Crippen LogP contribution in [0.3, 0.4) is 0 Å². The van der Waals surface area contributed by atoms with Crippen LogP contribution in [0.1, 0.15) is 32.3 Å². The number of carbonyl (C=O) groups excluding carboxylic acids is 2. The van der Waals surface area contributed by atoms with Gasteiger partial charge in [-0.2, -0.15) is 0 Å². The second kappa shape index (κ2) is 14.0. The number of sulfonamides is 1. The fourth-order valence-corrected chi connectivity index (χ4v) is 5.98. The first-order chi connectivity index (χ1) is 18.6. The molecule has 3 aromatic rings. The fourth-order valence-electron chi connectivity index (χ4n) is 3.87. The number of hydrogen-bond donors (Lipinski definition) is 1. The van der Waals surface area contributed by atoms with Crippen molar-refractivity contribution < 1.29 is 18.0 Å². The molecule has 0 radical (unpaired) electrons. The lowest BCUT2D eigenvalue weighted by atomic mass is 10.1. The Kier molecular flexibility index (Phi) is 11.1. The van der Waals surface area contributed by atoms with E-state index in [2.05, 4.69) is 5.32 Å². The standard InChI is InChI=1S/C28H30Cl3N3O4S/c1-3-4-16-32-28(36)20(2)33(18-21-10-8-11-22(29)17-21)26(35)19-34(25-15-9-14-24(30)27(25)31)39(37,38)23-12-6-5-7-13-23/h5-15,17,20H,3-4,16,18-19H2,1-2H3,(H,32,36). The molecule has 39 heavy (non-hydrogen) atoms. The summed E-state index contributed by atoms with van der Waals surface area (Å²) in [6, 6.07) is 18.3. The van der Waals surface area contributed by atoms with E-state index in [0.29, 0.717) is 17.1 Å². The Balaban J connectivity index is 2.03. The fraction of sp³-hybridized carbons (Fsp3) is 0.286. The second-order valence-corrected chi connectivity index (χ2v) is 12.0.